The quantitative estimate of drug-likeness (QED) is 0.703. The van der Waals surface area contributed by atoms with Crippen LogP contribution in [0.3, 0.4) is 0 Å². The minimum absolute atomic E-state index is 0.116. The molecule has 26 heavy (non-hydrogen) atoms. The van der Waals surface area contributed by atoms with Crippen LogP contribution in [-0.4, -0.2) is 37.4 Å². The molecule has 2 aromatic carbocycles. The predicted octanol–water partition coefficient (Wildman–Crippen LogP) is 4.49. The minimum atomic E-state index is -0.148. The number of hydrogen-bond donors (Lipinski definition) is 1. The van der Waals surface area contributed by atoms with Gasteiger partial charge in [-0.2, -0.15) is 0 Å². The highest BCUT2D eigenvalue weighted by molar-refractivity contribution is 6.35. The molecule has 2 amide bonds. The number of hydrogen-bond acceptors (Lipinski definition) is 3. The zero-order valence-electron chi connectivity index (χ0n) is 14.6. The Morgan fingerprint density at radius 2 is 1.88 bits per heavy atom. The zero-order chi connectivity index (χ0) is 19.1. The van der Waals surface area contributed by atoms with Crippen LogP contribution < -0.4 is 10.1 Å². The van der Waals surface area contributed by atoms with Crippen molar-refractivity contribution in [2.75, 3.05) is 26.0 Å². The summed E-state index contributed by atoms with van der Waals surface area (Å²) in [7, 11) is 3.36. The Morgan fingerprint density at radius 3 is 2.58 bits per heavy atom. The Balaban J connectivity index is 1.80. The second-order valence-corrected chi connectivity index (χ2v) is 6.70. The topological polar surface area (TPSA) is 58.6 Å². The number of halogens is 2. The van der Waals surface area contributed by atoms with Gasteiger partial charge < -0.3 is 15.0 Å². The second kappa shape index (κ2) is 9.46. The summed E-state index contributed by atoms with van der Waals surface area (Å²) < 4.78 is 5.55. The highest BCUT2D eigenvalue weighted by Gasteiger charge is 2.10. The van der Waals surface area contributed by atoms with E-state index in [1.807, 2.05) is 0 Å². The fourth-order valence-electron chi connectivity index (χ4n) is 2.22. The molecule has 0 fully saturated rings. The lowest BCUT2D eigenvalue weighted by molar-refractivity contribution is -0.116. The molecule has 0 aliphatic carbocycles. The fraction of sp³-hybridized carbons (Fsp3) is 0.263. The summed E-state index contributed by atoms with van der Waals surface area (Å²) >= 11 is 11.8. The van der Waals surface area contributed by atoms with Crippen LogP contribution in [0.15, 0.2) is 42.5 Å². The van der Waals surface area contributed by atoms with Gasteiger partial charge in [-0.3, -0.25) is 9.59 Å². The molecule has 1 N–H and O–H groups in total. The smallest absolute Gasteiger partial charge is 0.253 e. The number of anilines is 1. The number of nitrogens with zero attached hydrogens (tertiary/aromatic N) is 1. The van der Waals surface area contributed by atoms with Crippen molar-refractivity contribution in [3.05, 3.63) is 58.1 Å². The van der Waals surface area contributed by atoms with Gasteiger partial charge in [-0.1, -0.05) is 29.3 Å². The van der Waals surface area contributed by atoms with Crippen molar-refractivity contribution >= 4 is 40.7 Å². The van der Waals surface area contributed by atoms with E-state index in [2.05, 4.69) is 5.32 Å². The zero-order valence-corrected chi connectivity index (χ0v) is 16.1. The highest BCUT2D eigenvalue weighted by atomic mass is 35.5. The van der Waals surface area contributed by atoms with Crippen molar-refractivity contribution in [2.24, 2.45) is 0 Å². The maximum atomic E-state index is 12.0. The Morgan fingerprint density at radius 1 is 1.12 bits per heavy atom. The summed E-state index contributed by atoms with van der Waals surface area (Å²) in [6.07, 6.45) is 0.818. The molecule has 5 nitrogen and oxygen atoms in total. The standard InChI is InChI=1S/C19H20Cl2N2O3/c1-23(2)19(25)13-5-3-6-15(11-13)22-18(24)7-4-10-26-17-9-8-14(20)12-16(17)21/h3,5-6,8-9,11-12H,4,7,10H2,1-2H3,(H,22,24). The van der Waals surface area contributed by atoms with E-state index in [1.54, 1.807) is 56.6 Å². The molecular formula is C19H20Cl2N2O3. The van der Waals surface area contributed by atoms with Crippen LogP contribution >= 0.6 is 23.2 Å². The van der Waals surface area contributed by atoms with Crippen LogP contribution in [0.5, 0.6) is 5.75 Å². The van der Waals surface area contributed by atoms with Gasteiger partial charge >= 0.3 is 0 Å². The molecule has 0 aromatic heterocycles. The van der Waals surface area contributed by atoms with E-state index in [9.17, 15) is 9.59 Å². The van der Waals surface area contributed by atoms with Crippen molar-refractivity contribution in [2.45, 2.75) is 12.8 Å². The second-order valence-electron chi connectivity index (χ2n) is 5.86. The molecule has 2 rings (SSSR count). The fourth-order valence-corrected chi connectivity index (χ4v) is 2.68. The van der Waals surface area contributed by atoms with E-state index in [-0.39, 0.29) is 18.2 Å². The monoisotopic (exact) mass is 394 g/mol. The van der Waals surface area contributed by atoms with Crippen LogP contribution in [0.25, 0.3) is 0 Å². The molecule has 138 valence electrons. The Kier molecular flexibility index (Phi) is 7.30. The van der Waals surface area contributed by atoms with Crippen molar-refractivity contribution in [1.29, 1.82) is 0 Å². The summed E-state index contributed by atoms with van der Waals surface area (Å²) in [5.74, 6) is 0.269. The molecule has 0 spiro atoms. The molecule has 0 atom stereocenters. The number of carbonyl (C=O) groups excluding carboxylic acids is 2. The molecule has 0 aliphatic heterocycles. The molecule has 0 radical (unpaired) electrons. The van der Waals surface area contributed by atoms with Crippen molar-refractivity contribution < 1.29 is 14.3 Å². The summed E-state index contributed by atoms with van der Waals surface area (Å²) in [5, 5.41) is 3.76. The van der Waals surface area contributed by atoms with E-state index in [0.29, 0.717) is 40.1 Å². The summed E-state index contributed by atoms with van der Waals surface area (Å²) in [6.45, 7) is 0.355. The first-order chi connectivity index (χ1) is 12.4. The first kappa shape index (κ1) is 20.1. The third kappa shape index (κ3) is 5.93. The summed E-state index contributed by atoms with van der Waals surface area (Å²) in [4.78, 5) is 25.5. The van der Waals surface area contributed by atoms with Gasteiger partial charge in [0.1, 0.15) is 5.75 Å². The lowest BCUT2D eigenvalue weighted by Crippen LogP contribution is -2.22. The normalized spacial score (nSPS) is 10.3. The SMILES string of the molecule is CN(C)C(=O)c1cccc(NC(=O)CCCOc2ccc(Cl)cc2Cl)c1. The van der Waals surface area contributed by atoms with Gasteiger partial charge in [0.05, 0.1) is 11.6 Å². The molecule has 7 heteroatoms. The lowest BCUT2D eigenvalue weighted by atomic mass is 10.1. The van der Waals surface area contributed by atoms with Gasteiger partial charge in [-0.05, 0) is 42.8 Å². The molecule has 0 bridgehead atoms. The van der Waals surface area contributed by atoms with E-state index >= 15 is 0 Å². The maximum Gasteiger partial charge on any atom is 0.253 e. The largest absolute Gasteiger partial charge is 0.492 e. The van der Waals surface area contributed by atoms with Crippen molar-refractivity contribution in [3.63, 3.8) is 0 Å². The molecule has 0 aliphatic rings. The van der Waals surface area contributed by atoms with Crippen molar-refractivity contribution in [1.82, 2.24) is 4.90 Å². The van der Waals surface area contributed by atoms with Gasteiger partial charge in [0, 0.05) is 36.8 Å². The van der Waals surface area contributed by atoms with Gasteiger partial charge in [0.2, 0.25) is 5.91 Å². The number of carbonyl (C=O) groups is 2. The van der Waals surface area contributed by atoms with E-state index in [4.69, 9.17) is 27.9 Å². The number of rotatable bonds is 7. The average Bonchev–Trinajstić information content (AvgIpc) is 2.59. The molecular weight excluding hydrogens is 375 g/mol. The average molecular weight is 395 g/mol. The maximum absolute atomic E-state index is 12.0. The summed E-state index contributed by atoms with van der Waals surface area (Å²) in [6, 6.07) is 11.8. The van der Waals surface area contributed by atoms with Gasteiger partial charge in [0.15, 0.2) is 0 Å². The Hall–Kier alpha value is -2.24. The Labute approximate surface area is 162 Å². The number of nitrogens with one attached hydrogen (secondary N) is 1. The van der Waals surface area contributed by atoms with E-state index in [0.717, 1.165) is 0 Å². The number of amides is 2. The third-order valence-corrected chi connectivity index (χ3v) is 4.03. The van der Waals surface area contributed by atoms with Crippen LogP contribution in [0.1, 0.15) is 23.2 Å². The first-order valence-electron chi connectivity index (χ1n) is 8.06. The van der Waals surface area contributed by atoms with Gasteiger partial charge in [-0.25, -0.2) is 0 Å². The minimum Gasteiger partial charge on any atom is -0.492 e. The van der Waals surface area contributed by atoms with E-state index < -0.39 is 0 Å². The molecule has 0 unspecified atom stereocenters. The highest BCUT2D eigenvalue weighted by Crippen LogP contribution is 2.27. The van der Waals surface area contributed by atoms with Crippen molar-refractivity contribution in [3.8, 4) is 5.75 Å². The Bertz CT molecular complexity index is 794. The van der Waals surface area contributed by atoms with E-state index in [1.165, 1.54) is 4.90 Å². The predicted molar refractivity (Wildman–Crippen MR) is 104 cm³/mol. The molecule has 0 saturated heterocycles. The van der Waals surface area contributed by atoms with Gasteiger partial charge in [-0.15, -0.1) is 0 Å². The molecule has 2 aromatic rings. The first-order valence-corrected chi connectivity index (χ1v) is 8.82. The molecule has 0 saturated carbocycles. The lowest BCUT2D eigenvalue weighted by Gasteiger charge is -2.12. The third-order valence-electron chi connectivity index (χ3n) is 3.50. The van der Waals surface area contributed by atoms with Crippen LogP contribution in [0, 0.1) is 0 Å². The molecule has 0 heterocycles. The van der Waals surface area contributed by atoms with Crippen LogP contribution in [-0.2, 0) is 4.79 Å². The van der Waals surface area contributed by atoms with Crippen LogP contribution in [0.4, 0.5) is 5.69 Å². The van der Waals surface area contributed by atoms with Crippen LogP contribution in [0.2, 0.25) is 10.0 Å². The summed E-state index contributed by atoms with van der Waals surface area (Å²) in [5.41, 5.74) is 1.11. The van der Waals surface area contributed by atoms with Gasteiger partial charge in [0.25, 0.3) is 5.91 Å². The number of ether oxygens (including phenoxy) is 1. The number of benzene rings is 2.